The smallest absolute Gasteiger partial charge is 0.242 e. The molecule has 0 aliphatic carbocycles. The van der Waals surface area contributed by atoms with Crippen LogP contribution in [0.3, 0.4) is 0 Å². The lowest BCUT2D eigenvalue weighted by Gasteiger charge is -2.24. The molecule has 2 fully saturated rings. The highest BCUT2D eigenvalue weighted by Gasteiger charge is 2.34. The highest BCUT2D eigenvalue weighted by Crippen LogP contribution is 2.33. The Kier molecular flexibility index (Phi) is 7.61. The van der Waals surface area contributed by atoms with Gasteiger partial charge < -0.3 is 15.1 Å². The van der Waals surface area contributed by atoms with Gasteiger partial charge in [-0.25, -0.2) is 0 Å². The average molecular weight is 409 g/mol. The van der Waals surface area contributed by atoms with E-state index in [2.05, 4.69) is 34.3 Å². The number of hydrogen-bond acceptors (Lipinski definition) is 7. The van der Waals surface area contributed by atoms with E-state index in [-0.39, 0.29) is 17.9 Å². The first-order valence-electron chi connectivity index (χ1n) is 10.5. The van der Waals surface area contributed by atoms with Gasteiger partial charge in [0.15, 0.2) is 0 Å². The number of rotatable bonds is 10. The summed E-state index contributed by atoms with van der Waals surface area (Å²) in [6, 6.07) is -0.194. The van der Waals surface area contributed by atoms with Crippen LogP contribution >= 0.6 is 11.3 Å². The maximum atomic E-state index is 12.8. The molecule has 156 valence electrons. The van der Waals surface area contributed by atoms with Crippen LogP contribution in [0.2, 0.25) is 0 Å². The van der Waals surface area contributed by atoms with Gasteiger partial charge in [0.05, 0.1) is 0 Å². The number of hydrogen-bond donors (Lipinski definition) is 1. The van der Waals surface area contributed by atoms with Crippen LogP contribution in [0.1, 0.15) is 52.4 Å². The monoisotopic (exact) mass is 408 g/mol. The minimum absolute atomic E-state index is 0.0689. The van der Waals surface area contributed by atoms with E-state index in [1.54, 1.807) is 4.90 Å². The minimum Gasteiger partial charge on any atom is -0.353 e. The van der Waals surface area contributed by atoms with Crippen molar-refractivity contribution in [2.24, 2.45) is 0 Å². The zero-order valence-electron chi connectivity index (χ0n) is 17.0. The van der Waals surface area contributed by atoms with E-state index in [9.17, 15) is 9.59 Å². The molecule has 0 spiro atoms. The van der Waals surface area contributed by atoms with E-state index in [1.807, 2.05) is 4.90 Å². The second-order valence-corrected chi connectivity index (χ2v) is 8.43. The van der Waals surface area contributed by atoms with Crippen LogP contribution < -0.4 is 15.1 Å². The van der Waals surface area contributed by atoms with Crippen LogP contribution in [0.5, 0.6) is 0 Å². The summed E-state index contributed by atoms with van der Waals surface area (Å²) in [5.74, 6) is 0.182. The molecule has 2 aliphatic heterocycles. The Morgan fingerprint density at radius 1 is 1.14 bits per heavy atom. The standard InChI is InChI=1S/C19H32N6O2S/c1-3-10-23(11-4-2)14-9-20-17(27)15-7-5-12-24(15)18-21-22-19(28-18)25-13-6-8-16(25)26/h15H,3-14H2,1-2H3,(H,20,27)/t15-/m1/s1. The summed E-state index contributed by atoms with van der Waals surface area (Å²) in [6.07, 6.45) is 5.50. The van der Waals surface area contributed by atoms with E-state index >= 15 is 0 Å². The first kappa shape index (κ1) is 21.0. The Bertz CT molecular complexity index is 661. The van der Waals surface area contributed by atoms with E-state index in [4.69, 9.17) is 0 Å². The number of amides is 2. The molecule has 0 saturated carbocycles. The number of aromatic nitrogens is 2. The third-order valence-electron chi connectivity index (χ3n) is 5.32. The van der Waals surface area contributed by atoms with Gasteiger partial charge in [0, 0.05) is 32.6 Å². The third kappa shape index (κ3) is 5.00. The van der Waals surface area contributed by atoms with Gasteiger partial charge in [-0.1, -0.05) is 25.2 Å². The van der Waals surface area contributed by atoms with Crippen molar-refractivity contribution in [3.63, 3.8) is 0 Å². The van der Waals surface area contributed by atoms with E-state index in [1.165, 1.54) is 11.3 Å². The third-order valence-corrected chi connectivity index (χ3v) is 6.30. The van der Waals surface area contributed by atoms with Crippen molar-refractivity contribution in [3.8, 4) is 0 Å². The van der Waals surface area contributed by atoms with Gasteiger partial charge >= 0.3 is 0 Å². The number of carbonyl (C=O) groups is 2. The number of carbonyl (C=O) groups excluding carboxylic acids is 2. The molecule has 1 N–H and O–H groups in total. The lowest BCUT2D eigenvalue weighted by Crippen LogP contribution is -2.45. The lowest BCUT2D eigenvalue weighted by atomic mass is 10.2. The van der Waals surface area contributed by atoms with Crippen LogP contribution in [-0.2, 0) is 9.59 Å². The second-order valence-electron chi connectivity index (χ2n) is 7.50. The molecule has 8 nitrogen and oxygen atoms in total. The molecule has 0 bridgehead atoms. The molecule has 2 amide bonds. The highest BCUT2D eigenvalue weighted by atomic mass is 32.1. The predicted octanol–water partition coefficient (Wildman–Crippen LogP) is 1.87. The largest absolute Gasteiger partial charge is 0.353 e. The Morgan fingerprint density at radius 2 is 1.89 bits per heavy atom. The van der Waals surface area contributed by atoms with E-state index in [0.717, 1.165) is 63.4 Å². The average Bonchev–Trinajstić information content (AvgIpc) is 3.41. The Balaban J connectivity index is 1.54. The fraction of sp³-hybridized carbons (Fsp3) is 0.789. The molecule has 9 heteroatoms. The molecular weight excluding hydrogens is 376 g/mol. The normalized spacial score (nSPS) is 19.8. The topological polar surface area (TPSA) is 81.7 Å². The van der Waals surface area contributed by atoms with Gasteiger partial charge in [-0.15, -0.1) is 10.2 Å². The van der Waals surface area contributed by atoms with E-state index < -0.39 is 0 Å². The van der Waals surface area contributed by atoms with Crippen LogP contribution in [0.15, 0.2) is 0 Å². The molecule has 2 aliphatic rings. The fourth-order valence-corrected chi connectivity index (χ4v) is 4.94. The summed E-state index contributed by atoms with van der Waals surface area (Å²) in [6.45, 7) is 9.59. The van der Waals surface area contributed by atoms with Crippen molar-refractivity contribution in [3.05, 3.63) is 0 Å². The summed E-state index contributed by atoms with van der Waals surface area (Å²) in [5.41, 5.74) is 0. The zero-order chi connectivity index (χ0) is 19.9. The Labute approximate surface area is 171 Å². The molecule has 28 heavy (non-hydrogen) atoms. The van der Waals surface area contributed by atoms with Gasteiger partial charge in [0.25, 0.3) is 0 Å². The molecule has 1 atom stereocenters. The number of anilines is 2. The first-order valence-corrected chi connectivity index (χ1v) is 11.4. The zero-order valence-corrected chi connectivity index (χ0v) is 17.8. The number of nitrogens with zero attached hydrogens (tertiary/aromatic N) is 5. The molecule has 1 aromatic heterocycles. The summed E-state index contributed by atoms with van der Waals surface area (Å²) in [5, 5.41) is 13.0. The van der Waals surface area contributed by atoms with Crippen molar-refractivity contribution >= 4 is 33.4 Å². The van der Waals surface area contributed by atoms with Gasteiger partial charge in [-0.05, 0) is 45.2 Å². The van der Waals surface area contributed by atoms with Crippen LogP contribution in [0.25, 0.3) is 0 Å². The fourth-order valence-electron chi connectivity index (χ4n) is 3.97. The molecule has 3 rings (SSSR count). The summed E-state index contributed by atoms with van der Waals surface area (Å²) in [7, 11) is 0. The maximum absolute atomic E-state index is 12.8. The van der Waals surface area contributed by atoms with Crippen molar-refractivity contribution in [2.45, 2.75) is 58.4 Å². The van der Waals surface area contributed by atoms with E-state index in [0.29, 0.717) is 24.6 Å². The quantitative estimate of drug-likeness (QED) is 0.637. The van der Waals surface area contributed by atoms with Gasteiger partial charge in [-0.3, -0.25) is 14.5 Å². The second kappa shape index (κ2) is 10.2. The lowest BCUT2D eigenvalue weighted by molar-refractivity contribution is -0.122. The molecule has 0 aromatic carbocycles. The van der Waals surface area contributed by atoms with Crippen molar-refractivity contribution < 1.29 is 9.59 Å². The molecule has 1 aromatic rings. The van der Waals surface area contributed by atoms with Crippen molar-refractivity contribution in [2.75, 3.05) is 49.1 Å². The van der Waals surface area contributed by atoms with Crippen LogP contribution in [0.4, 0.5) is 10.3 Å². The molecule has 0 unspecified atom stereocenters. The van der Waals surface area contributed by atoms with Gasteiger partial charge in [0.1, 0.15) is 6.04 Å². The highest BCUT2D eigenvalue weighted by molar-refractivity contribution is 7.19. The van der Waals surface area contributed by atoms with Crippen LogP contribution in [0, 0.1) is 0 Å². The van der Waals surface area contributed by atoms with Gasteiger partial charge in [-0.2, -0.15) is 0 Å². The molecule has 2 saturated heterocycles. The number of nitrogens with one attached hydrogen (secondary N) is 1. The van der Waals surface area contributed by atoms with Crippen molar-refractivity contribution in [1.82, 2.24) is 20.4 Å². The SMILES string of the molecule is CCCN(CCC)CCNC(=O)[C@H]1CCCN1c1nnc(N2CCCC2=O)s1. The summed E-state index contributed by atoms with van der Waals surface area (Å²) in [4.78, 5) is 30.8. The van der Waals surface area contributed by atoms with Crippen LogP contribution in [-0.4, -0.2) is 72.2 Å². The molecule has 3 heterocycles. The summed E-state index contributed by atoms with van der Waals surface area (Å²) >= 11 is 1.41. The first-order chi connectivity index (χ1) is 13.6. The molecular formula is C19H32N6O2S. The molecule has 0 radical (unpaired) electrons. The maximum Gasteiger partial charge on any atom is 0.242 e. The van der Waals surface area contributed by atoms with Crippen molar-refractivity contribution in [1.29, 1.82) is 0 Å². The predicted molar refractivity (Wildman–Crippen MR) is 112 cm³/mol. The van der Waals surface area contributed by atoms with Gasteiger partial charge in [0.2, 0.25) is 22.1 Å². The Morgan fingerprint density at radius 3 is 2.57 bits per heavy atom. The summed E-state index contributed by atoms with van der Waals surface area (Å²) < 4.78 is 0. The Hall–Kier alpha value is -1.74. The minimum atomic E-state index is -0.194.